The number of pyridine rings is 1. The highest BCUT2D eigenvalue weighted by atomic mass is 16.5. The maximum absolute atomic E-state index is 12.6. The molecule has 2 rings (SSSR count). The van der Waals surface area contributed by atoms with Crippen LogP contribution in [0.2, 0.25) is 0 Å². The van der Waals surface area contributed by atoms with Gasteiger partial charge in [0, 0.05) is 38.6 Å². The Labute approximate surface area is 140 Å². The molecule has 0 saturated heterocycles. The van der Waals surface area contributed by atoms with Crippen molar-refractivity contribution in [1.29, 1.82) is 0 Å². The van der Waals surface area contributed by atoms with Crippen LogP contribution in [0.25, 0.3) is 10.9 Å². The molecule has 0 aliphatic carbocycles. The molecule has 0 radical (unpaired) electrons. The Balaban J connectivity index is 2.84. The Morgan fingerprint density at radius 2 is 2.00 bits per heavy atom. The van der Waals surface area contributed by atoms with Crippen LogP contribution in [-0.4, -0.2) is 25.1 Å². The van der Waals surface area contributed by atoms with Gasteiger partial charge in [-0.15, -0.1) is 0 Å². The van der Waals surface area contributed by atoms with Crippen molar-refractivity contribution in [3.8, 4) is 11.5 Å². The Hall–Kier alpha value is -2.76. The van der Waals surface area contributed by atoms with Crippen molar-refractivity contribution < 1.29 is 14.3 Å². The van der Waals surface area contributed by atoms with E-state index in [0.717, 1.165) is 5.69 Å². The lowest BCUT2D eigenvalue weighted by Crippen LogP contribution is -2.21. The Morgan fingerprint density at radius 3 is 2.54 bits per heavy atom. The molecule has 0 aliphatic heterocycles. The van der Waals surface area contributed by atoms with Crippen molar-refractivity contribution in [3.05, 3.63) is 40.4 Å². The van der Waals surface area contributed by atoms with Crippen molar-refractivity contribution in [2.75, 3.05) is 19.0 Å². The highest BCUT2D eigenvalue weighted by Crippen LogP contribution is 2.35. The molecule has 0 aliphatic rings. The molecule has 0 N–H and O–H groups in total. The van der Waals surface area contributed by atoms with E-state index < -0.39 is 5.56 Å². The minimum absolute atomic E-state index is 0.106. The van der Waals surface area contributed by atoms with E-state index in [1.807, 2.05) is 57.1 Å². The van der Waals surface area contributed by atoms with Gasteiger partial charge in [0.2, 0.25) is 5.75 Å². The van der Waals surface area contributed by atoms with E-state index in [-0.39, 0.29) is 18.0 Å². The van der Waals surface area contributed by atoms with Crippen molar-refractivity contribution >= 4 is 23.1 Å². The van der Waals surface area contributed by atoms with Crippen molar-refractivity contribution in [1.82, 2.24) is 4.57 Å². The zero-order valence-electron chi connectivity index (χ0n) is 14.6. The third-order valence-electron chi connectivity index (χ3n) is 3.88. The van der Waals surface area contributed by atoms with Crippen LogP contribution in [0.3, 0.4) is 0 Å². The normalized spacial score (nSPS) is 11.5. The molecule has 0 fully saturated rings. The first-order valence-electron chi connectivity index (χ1n) is 7.72. The molecule has 6 heteroatoms. The maximum atomic E-state index is 12.6. The summed E-state index contributed by atoms with van der Waals surface area (Å²) >= 11 is 0. The van der Waals surface area contributed by atoms with E-state index in [1.54, 1.807) is 7.05 Å². The first-order valence-corrected chi connectivity index (χ1v) is 7.72. The molecule has 0 saturated carbocycles. The van der Waals surface area contributed by atoms with Crippen molar-refractivity contribution in [2.45, 2.75) is 20.3 Å². The maximum Gasteiger partial charge on any atom is 0.298 e. The van der Waals surface area contributed by atoms with Crippen LogP contribution >= 0.6 is 0 Å². The summed E-state index contributed by atoms with van der Waals surface area (Å²) in [5.74, 6) is 0.850. The molecular weight excluding hydrogens is 308 g/mol. The number of rotatable bonds is 6. The lowest BCUT2D eigenvalue weighted by molar-refractivity contribution is -0.120. The molecule has 0 amide bonds. The number of ether oxygens (including phenoxy) is 2. The van der Waals surface area contributed by atoms with E-state index in [9.17, 15) is 9.59 Å². The largest absolute Gasteiger partial charge is 0.457 e. The number of carbonyl (C=O) groups excluding carboxylic acids is 1. The van der Waals surface area contributed by atoms with Gasteiger partial charge in [0.15, 0.2) is 5.75 Å². The topological polar surface area (TPSA) is 60.8 Å². The molecule has 0 unspecified atom stereocenters. The van der Waals surface area contributed by atoms with Gasteiger partial charge in [-0.3, -0.25) is 9.59 Å². The summed E-state index contributed by atoms with van der Waals surface area (Å²) in [6.45, 7) is 4.04. The molecule has 1 aromatic heterocycles. The molecule has 0 atom stereocenters. The predicted octanol–water partition coefficient (Wildman–Crippen LogP) is 2.83. The quantitative estimate of drug-likeness (QED) is 0.602. The zero-order chi connectivity index (χ0) is 17.9. The number of nitrogens with zero attached hydrogens (tertiary/aromatic N) is 2. The molecule has 24 heavy (non-hydrogen) atoms. The average molecular weight is 330 g/mol. The van der Waals surface area contributed by atoms with E-state index in [2.05, 4.69) is 0 Å². The number of allylic oxidation sites excluding steroid dienone is 2. The second-order valence-electron chi connectivity index (χ2n) is 5.54. The molecule has 6 nitrogen and oxygen atoms in total. The fourth-order valence-electron chi connectivity index (χ4n) is 2.47. The molecule has 1 heterocycles. The summed E-state index contributed by atoms with van der Waals surface area (Å²) in [4.78, 5) is 25.4. The van der Waals surface area contributed by atoms with Gasteiger partial charge in [-0.05, 0) is 31.2 Å². The van der Waals surface area contributed by atoms with E-state index in [4.69, 9.17) is 9.47 Å². The Kier molecular flexibility index (Phi) is 5.28. The number of carbonyl (C=O) groups is 1. The summed E-state index contributed by atoms with van der Waals surface area (Å²) in [6.07, 6.45) is 2.48. The number of hydrogen-bond donors (Lipinski definition) is 0. The van der Waals surface area contributed by atoms with Crippen LogP contribution in [0.15, 0.2) is 34.8 Å². The molecule has 128 valence electrons. The van der Waals surface area contributed by atoms with Gasteiger partial charge in [0.25, 0.3) is 12.0 Å². The number of aromatic nitrogens is 1. The van der Waals surface area contributed by atoms with Crippen LogP contribution in [0.1, 0.15) is 20.3 Å². The molecular formula is C18H22N2O4. The van der Waals surface area contributed by atoms with Crippen LogP contribution in [0, 0.1) is 0 Å². The highest BCUT2D eigenvalue weighted by molar-refractivity contribution is 5.90. The standard InChI is InChI=1S/C18H22N2O4/c1-6-13(7-2)24-16-14-9-8-12(19(3)4)10-15(14)20(5)18(22)17(16)23-11-21/h6,8-11H,7H2,1-5H3. The Bertz CT molecular complexity index is 850. The summed E-state index contributed by atoms with van der Waals surface area (Å²) in [7, 11) is 5.49. The van der Waals surface area contributed by atoms with E-state index in [1.165, 1.54) is 4.57 Å². The van der Waals surface area contributed by atoms with Crippen LogP contribution in [-0.2, 0) is 11.8 Å². The zero-order valence-corrected chi connectivity index (χ0v) is 14.6. The summed E-state index contributed by atoms with van der Waals surface area (Å²) in [5, 5.41) is 0.701. The lowest BCUT2D eigenvalue weighted by atomic mass is 10.1. The van der Waals surface area contributed by atoms with Gasteiger partial charge in [0.05, 0.1) is 11.3 Å². The second kappa shape index (κ2) is 7.21. The molecule has 2 aromatic rings. The third kappa shape index (κ3) is 3.13. The number of benzene rings is 1. The predicted molar refractivity (Wildman–Crippen MR) is 94.9 cm³/mol. The van der Waals surface area contributed by atoms with Gasteiger partial charge < -0.3 is 18.9 Å². The van der Waals surface area contributed by atoms with Gasteiger partial charge >= 0.3 is 0 Å². The highest BCUT2D eigenvalue weighted by Gasteiger charge is 2.20. The average Bonchev–Trinajstić information content (AvgIpc) is 2.59. The molecule has 0 spiro atoms. The van der Waals surface area contributed by atoms with E-state index >= 15 is 0 Å². The van der Waals surface area contributed by atoms with Gasteiger partial charge in [-0.2, -0.15) is 0 Å². The van der Waals surface area contributed by atoms with Crippen molar-refractivity contribution in [3.63, 3.8) is 0 Å². The van der Waals surface area contributed by atoms with Crippen LogP contribution < -0.4 is 19.9 Å². The number of hydrogen-bond acceptors (Lipinski definition) is 5. The first-order chi connectivity index (χ1) is 11.4. The minimum atomic E-state index is -0.424. The van der Waals surface area contributed by atoms with Crippen molar-refractivity contribution in [2.24, 2.45) is 7.05 Å². The number of aryl methyl sites for hydroxylation is 1. The minimum Gasteiger partial charge on any atom is -0.457 e. The fraction of sp³-hybridized carbons (Fsp3) is 0.333. The van der Waals surface area contributed by atoms with Crippen LogP contribution in [0.5, 0.6) is 11.5 Å². The third-order valence-corrected chi connectivity index (χ3v) is 3.88. The monoisotopic (exact) mass is 330 g/mol. The van der Waals surface area contributed by atoms with E-state index in [0.29, 0.717) is 23.1 Å². The summed E-state index contributed by atoms with van der Waals surface area (Å²) in [5.41, 5.74) is 1.23. The second-order valence-corrected chi connectivity index (χ2v) is 5.54. The summed E-state index contributed by atoms with van der Waals surface area (Å²) in [6, 6.07) is 5.68. The van der Waals surface area contributed by atoms with Gasteiger partial charge in [-0.1, -0.05) is 6.92 Å². The van der Waals surface area contributed by atoms with Gasteiger partial charge in [-0.25, -0.2) is 0 Å². The fourth-order valence-corrected chi connectivity index (χ4v) is 2.47. The SMILES string of the molecule is CC=C(CC)Oc1c(OC=O)c(=O)n(C)c2cc(N(C)C)ccc12. The first kappa shape index (κ1) is 17.6. The lowest BCUT2D eigenvalue weighted by Gasteiger charge is -2.18. The molecule has 1 aromatic carbocycles. The van der Waals surface area contributed by atoms with Crippen LogP contribution in [0.4, 0.5) is 5.69 Å². The van der Waals surface area contributed by atoms with Gasteiger partial charge in [0.1, 0.15) is 0 Å². The summed E-state index contributed by atoms with van der Waals surface area (Å²) < 4.78 is 12.3. The Morgan fingerprint density at radius 1 is 1.29 bits per heavy atom. The number of fused-ring (bicyclic) bond motifs is 1. The number of anilines is 1. The molecule has 0 bridgehead atoms. The smallest absolute Gasteiger partial charge is 0.298 e.